The average molecular weight is 377 g/mol. The van der Waals surface area contributed by atoms with Crippen LogP contribution in [0.5, 0.6) is 0 Å². The van der Waals surface area contributed by atoms with Crippen molar-refractivity contribution in [3.8, 4) is 10.4 Å². The molecule has 1 unspecified atom stereocenters. The van der Waals surface area contributed by atoms with Crippen LogP contribution in [0.1, 0.15) is 4.88 Å². The van der Waals surface area contributed by atoms with Crippen LogP contribution in [-0.2, 0) is 16.1 Å². The Hall–Kier alpha value is -1.80. The molecule has 2 N–H and O–H groups in total. The van der Waals surface area contributed by atoms with E-state index in [1.54, 1.807) is 35.5 Å². The van der Waals surface area contributed by atoms with Gasteiger partial charge in [-0.3, -0.25) is 9.69 Å². The number of nitrogens with two attached hydrogens (primary N) is 1. The molecule has 0 aliphatic carbocycles. The maximum atomic E-state index is 13.9. The topological polar surface area (TPSA) is 58.8 Å². The number of ether oxygens (including phenoxy) is 1. The molecule has 0 bridgehead atoms. The van der Waals surface area contributed by atoms with Crippen LogP contribution in [0, 0.1) is 5.82 Å². The van der Waals surface area contributed by atoms with Gasteiger partial charge in [0.2, 0.25) is 5.91 Å². The van der Waals surface area contributed by atoms with Crippen LogP contribution in [0.3, 0.4) is 0 Å². The summed E-state index contributed by atoms with van der Waals surface area (Å²) in [5.41, 5.74) is 6.47. The summed E-state index contributed by atoms with van der Waals surface area (Å²) in [6, 6.07) is 10.3. The second-order valence-corrected chi connectivity index (χ2v) is 7.58. The molecule has 140 valence electrons. The highest BCUT2D eigenvalue weighted by molar-refractivity contribution is 7.15. The van der Waals surface area contributed by atoms with Crippen LogP contribution >= 0.6 is 11.3 Å². The summed E-state index contributed by atoms with van der Waals surface area (Å²) in [5, 5.41) is 0. The number of nitrogens with zero attached hydrogens (tertiary/aromatic N) is 2. The van der Waals surface area contributed by atoms with Gasteiger partial charge in [-0.25, -0.2) is 4.39 Å². The quantitative estimate of drug-likeness (QED) is 0.838. The standard InChI is InChI=1S/C19H24FN3O2S/c1-25-13-17(21)19(24)23-10-8-22(9-11-23)12-14-6-7-18(26-14)15-4-2-3-5-16(15)20/h2-7,17H,8-13,21H2,1H3. The molecule has 0 spiro atoms. The molecule has 1 fully saturated rings. The fraction of sp³-hybridized carbons (Fsp3) is 0.421. The van der Waals surface area contributed by atoms with E-state index in [9.17, 15) is 9.18 Å². The first-order valence-electron chi connectivity index (χ1n) is 8.67. The van der Waals surface area contributed by atoms with Gasteiger partial charge in [-0.05, 0) is 18.2 Å². The molecule has 7 heteroatoms. The molecular weight excluding hydrogens is 353 g/mol. The third-order valence-corrected chi connectivity index (χ3v) is 5.63. The van der Waals surface area contributed by atoms with Gasteiger partial charge in [-0.1, -0.05) is 18.2 Å². The van der Waals surface area contributed by atoms with Gasteiger partial charge >= 0.3 is 0 Å². The van der Waals surface area contributed by atoms with Gasteiger partial charge in [0, 0.05) is 55.2 Å². The zero-order valence-electron chi connectivity index (χ0n) is 14.9. The van der Waals surface area contributed by atoms with Crippen molar-refractivity contribution in [1.29, 1.82) is 0 Å². The smallest absolute Gasteiger partial charge is 0.241 e. The zero-order valence-corrected chi connectivity index (χ0v) is 15.7. The third-order valence-electron chi connectivity index (χ3n) is 4.53. The van der Waals surface area contributed by atoms with E-state index in [-0.39, 0.29) is 18.3 Å². The maximum Gasteiger partial charge on any atom is 0.241 e. The lowest BCUT2D eigenvalue weighted by Crippen LogP contribution is -2.53. The van der Waals surface area contributed by atoms with Crippen LogP contribution in [0.15, 0.2) is 36.4 Å². The van der Waals surface area contributed by atoms with Crippen molar-refractivity contribution in [3.63, 3.8) is 0 Å². The SMILES string of the molecule is COCC(N)C(=O)N1CCN(Cc2ccc(-c3ccccc3F)s2)CC1. The van der Waals surface area contributed by atoms with Gasteiger partial charge in [0.15, 0.2) is 0 Å². The molecule has 1 atom stereocenters. The Labute approximate surface area is 157 Å². The van der Waals surface area contributed by atoms with Gasteiger partial charge in [0.05, 0.1) is 6.61 Å². The minimum atomic E-state index is -0.591. The molecule has 1 aromatic carbocycles. The number of piperazine rings is 1. The van der Waals surface area contributed by atoms with Gasteiger partial charge in [0.25, 0.3) is 0 Å². The molecule has 1 amide bonds. The van der Waals surface area contributed by atoms with E-state index in [0.29, 0.717) is 18.7 Å². The lowest BCUT2D eigenvalue weighted by Gasteiger charge is -2.35. The first-order chi connectivity index (χ1) is 12.6. The number of hydrogen-bond acceptors (Lipinski definition) is 5. The second-order valence-electron chi connectivity index (χ2n) is 6.41. The highest BCUT2D eigenvalue weighted by Crippen LogP contribution is 2.30. The second kappa shape index (κ2) is 8.73. The van der Waals surface area contributed by atoms with Gasteiger partial charge < -0.3 is 15.4 Å². The number of methoxy groups -OCH3 is 1. The number of halogens is 1. The number of carbonyl (C=O) groups excluding carboxylic acids is 1. The molecule has 0 saturated carbocycles. The molecule has 26 heavy (non-hydrogen) atoms. The number of carbonyl (C=O) groups is 1. The number of amides is 1. The number of hydrogen-bond donors (Lipinski definition) is 1. The van der Waals surface area contributed by atoms with Crippen LogP contribution in [0.4, 0.5) is 4.39 Å². The Balaban J connectivity index is 1.54. The summed E-state index contributed by atoms with van der Waals surface area (Å²) < 4.78 is 18.9. The van der Waals surface area contributed by atoms with Crippen molar-refractivity contribution >= 4 is 17.2 Å². The lowest BCUT2D eigenvalue weighted by molar-refractivity contribution is -0.135. The fourth-order valence-electron chi connectivity index (χ4n) is 3.10. The van der Waals surface area contributed by atoms with Crippen molar-refractivity contribution in [1.82, 2.24) is 9.80 Å². The van der Waals surface area contributed by atoms with Crippen LogP contribution < -0.4 is 5.73 Å². The molecule has 3 rings (SSSR count). The molecule has 0 radical (unpaired) electrons. The van der Waals surface area contributed by atoms with Crippen LogP contribution in [-0.4, -0.2) is 61.6 Å². The zero-order chi connectivity index (χ0) is 18.5. The van der Waals surface area contributed by atoms with E-state index in [0.717, 1.165) is 24.5 Å². The first kappa shape index (κ1) is 19.0. The van der Waals surface area contributed by atoms with Gasteiger partial charge in [-0.15, -0.1) is 11.3 Å². The van der Waals surface area contributed by atoms with Crippen LogP contribution in [0.25, 0.3) is 10.4 Å². The Morgan fingerprint density at radius 3 is 2.65 bits per heavy atom. The molecule has 2 aromatic rings. The minimum absolute atomic E-state index is 0.0514. The lowest BCUT2D eigenvalue weighted by atomic mass is 10.2. The van der Waals surface area contributed by atoms with E-state index in [1.165, 1.54) is 10.9 Å². The summed E-state index contributed by atoms with van der Waals surface area (Å²) in [7, 11) is 1.54. The average Bonchev–Trinajstić information content (AvgIpc) is 3.10. The highest BCUT2D eigenvalue weighted by atomic mass is 32.1. The summed E-state index contributed by atoms with van der Waals surface area (Å²) in [6.45, 7) is 4.00. The molecule has 2 heterocycles. The number of thiophene rings is 1. The largest absolute Gasteiger partial charge is 0.383 e. The summed E-state index contributed by atoms with van der Waals surface area (Å²) in [4.78, 5) is 18.5. The Bertz CT molecular complexity index is 744. The van der Waals surface area contributed by atoms with Crippen molar-refractivity contribution in [2.45, 2.75) is 12.6 Å². The van der Waals surface area contributed by atoms with Crippen molar-refractivity contribution in [3.05, 3.63) is 47.1 Å². The Kier molecular flexibility index (Phi) is 6.37. The van der Waals surface area contributed by atoms with E-state index >= 15 is 0 Å². The fourth-order valence-corrected chi connectivity index (χ4v) is 4.18. The van der Waals surface area contributed by atoms with Gasteiger partial charge in [-0.2, -0.15) is 0 Å². The van der Waals surface area contributed by atoms with Crippen LogP contribution in [0.2, 0.25) is 0 Å². The summed E-state index contributed by atoms with van der Waals surface area (Å²) in [6.07, 6.45) is 0. The maximum absolute atomic E-state index is 13.9. The minimum Gasteiger partial charge on any atom is -0.383 e. The highest BCUT2D eigenvalue weighted by Gasteiger charge is 2.25. The first-order valence-corrected chi connectivity index (χ1v) is 9.49. The number of rotatable bonds is 6. The van der Waals surface area contributed by atoms with Crippen molar-refractivity contribution in [2.24, 2.45) is 5.73 Å². The molecule has 1 aromatic heterocycles. The third kappa shape index (κ3) is 4.48. The van der Waals surface area contributed by atoms with E-state index in [2.05, 4.69) is 11.0 Å². The normalized spacial score (nSPS) is 16.7. The molecule has 5 nitrogen and oxygen atoms in total. The Morgan fingerprint density at radius 2 is 1.96 bits per heavy atom. The number of benzene rings is 1. The van der Waals surface area contributed by atoms with Crippen molar-refractivity contribution in [2.75, 3.05) is 39.9 Å². The summed E-state index contributed by atoms with van der Waals surface area (Å²) >= 11 is 1.61. The predicted octanol–water partition coefficient (Wildman–Crippen LogP) is 2.17. The molecule has 1 saturated heterocycles. The predicted molar refractivity (Wildman–Crippen MR) is 101 cm³/mol. The summed E-state index contributed by atoms with van der Waals surface area (Å²) in [5.74, 6) is -0.245. The van der Waals surface area contributed by atoms with E-state index in [4.69, 9.17) is 10.5 Å². The molecule has 1 aliphatic heterocycles. The Morgan fingerprint density at radius 1 is 1.23 bits per heavy atom. The van der Waals surface area contributed by atoms with E-state index < -0.39 is 6.04 Å². The van der Waals surface area contributed by atoms with E-state index in [1.807, 2.05) is 12.1 Å². The molecule has 1 aliphatic rings. The molecular formula is C19H24FN3O2S. The van der Waals surface area contributed by atoms with Crippen molar-refractivity contribution < 1.29 is 13.9 Å². The monoisotopic (exact) mass is 377 g/mol. The van der Waals surface area contributed by atoms with Gasteiger partial charge in [0.1, 0.15) is 11.9 Å².